The van der Waals surface area contributed by atoms with Gasteiger partial charge in [-0.2, -0.15) is 0 Å². The van der Waals surface area contributed by atoms with Gasteiger partial charge in [-0.25, -0.2) is 0 Å². The fourth-order valence-electron chi connectivity index (χ4n) is 2.68. The molecule has 1 saturated heterocycles. The monoisotopic (exact) mass is 272 g/mol. The first-order valence-electron chi connectivity index (χ1n) is 7.35. The number of ether oxygens (including phenoxy) is 1. The first kappa shape index (κ1) is 16.4. The van der Waals surface area contributed by atoms with Gasteiger partial charge in [0.2, 0.25) is 0 Å². The van der Waals surface area contributed by atoms with Gasteiger partial charge >= 0.3 is 5.97 Å². The van der Waals surface area contributed by atoms with Crippen LogP contribution in [0.5, 0.6) is 0 Å². The maximum absolute atomic E-state index is 11.2. The number of nitrogens with one attached hydrogen (secondary N) is 1. The third kappa shape index (κ3) is 5.89. The van der Waals surface area contributed by atoms with Gasteiger partial charge in [-0.3, -0.25) is 9.69 Å². The summed E-state index contributed by atoms with van der Waals surface area (Å²) >= 11 is 0. The number of aliphatic carboxylic acids is 1. The summed E-state index contributed by atoms with van der Waals surface area (Å²) in [5.41, 5.74) is 0. The molecule has 0 aliphatic carbocycles. The lowest BCUT2D eigenvalue weighted by atomic mass is 9.95. The van der Waals surface area contributed by atoms with E-state index < -0.39 is 5.97 Å². The third-order valence-electron chi connectivity index (χ3n) is 3.85. The molecule has 5 heteroatoms. The molecule has 1 aliphatic heterocycles. The van der Waals surface area contributed by atoms with Crippen molar-refractivity contribution in [3.63, 3.8) is 0 Å². The van der Waals surface area contributed by atoms with E-state index in [-0.39, 0.29) is 6.04 Å². The molecule has 19 heavy (non-hydrogen) atoms. The van der Waals surface area contributed by atoms with Crippen molar-refractivity contribution in [1.82, 2.24) is 10.2 Å². The number of likely N-dealkylation sites (tertiary alicyclic amines) is 1. The van der Waals surface area contributed by atoms with Crippen molar-refractivity contribution in [3.8, 4) is 0 Å². The van der Waals surface area contributed by atoms with Crippen LogP contribution in [0.1, 0.15) is 32.6 Å². The third-order valence-corrected chi connectivity index (χ3v) is 3.85. The maximum Gasteiger partial charge on any atom is 0.320 e. The van der Waals surface area contributed by atoms with E-state index in [0.717, 1.165) is 58.5 Å². The average Bonchev–Trinajstić information content (AvgIpc) is 2.41. The summed E-state index contributed by atoms with van der Waals surface area (Å²) in [7, 11) is 1.71. The highest BCUT2D eigenvalue weighted by atomic mass is 16.5. The van der Waals surface area contributed by atoms with Crippen molar-refractivity contribution in [1.29, 1.82) is 0 Å². The molecule has 0 aromatic carbocycles. The van der Waals surface area contributed by atoms with E-state index in [0.29, 0.717) is 5.92 Å². The van der Waals surface area contributed by atoms with E-state index in [9.17, 15) is 9.90 Å². The molecule has 1 aliphatic rings. The summed E-state index contributed by atoms with van der Waals surface area (Å²) in [6.45, 7) is 6.52. The van der Waals surface area contributed by atoms with Crippen LogP contribution in [0.3, 0.4) is 0 Å². The lowest BCUT2D eigenvalue weighted by Crippen LogP contribution is -2.46. The number of methoxy groups -OCH3 is 1. The second-order valence-electron chi connectivity index (χ2n) is 5.32. The van der Waals surface area contributed by atoms with Crippen LogP contribution in [-0.2, 0) is 9.53 Å². The molecule has 1 rings (SSSR count). The number of carbonyl (C=O) groups is 1. The van der Waals surface area contributed by atoms with Gasteiger partial charge in [0.1, 0.15) is 6.04 Å². The van der Waals surface area contributed by atoms with E-state index >= 15 is 0 Å². The summed E-state index contributed by atoms with van der Waals surface area (Å²) < 4.78 is 5.00. The van der Waals surface area contributed by atoms with Gasteiger partial charge in [0.05, 0.1) is 6.61 Å². The van der Waals surface area contributed by atoms with Crippen molar-refractivity contribution in [2.75, 3.05) is 39.9 Å². The number of piperidine rings is 1. The first-order chi connectivity index (χ1) is 9.19. The zero-order valence-electron chi connectivity index (χ0n) is 12.2. The van der Waals surface area contributed by atoms with E-state index in [1.807, 2.05) is 6.92 Å². The van der Waals surface area contributed by atoms with Crippen LogP contribution in [0, 0.1) is 5.92 Å². The average molecular weight is 272 g/mol. The molecule has 0 aromatic rings. The number of carboxylic acid groups (broad SMARTS) is 1. The second kappa shape index (κ2) is 9.28. The van der Waals surface area contributed by atoms with Crippen LogP contribution in [0.15, 0.2) is 0 Å². The molecule has 1 atom stereocenters. The molecule has 2 N–H and O–H groups in total. The van der Waals surface area contributed by atoms with Gasteiger partial charge in [-0.15, -0.1) is 0 Å². The Balaban J connectivity index is 2.25. The van der Waals surface area contributed by atoms with E-state index in [1.165, 1.54) is 0 Å². The first-order valence-corrected chi connectivity index (χ1v) is 7.35. The Morgan fingerprint density at radius 2 is 2.16 bits per heavy atom. The number of rotatable bonds is 9. The van der Waals surface area contributed by atoms with Gasteiger partial charge in [-0.1, -0.05) is 13.3 Å². The second-order valence-corrected chi connectivity index (χ2v) is 5.32. The lowest BCUT2D eigenvalue weighted by molar-refractivity contribution is -0.144. The Bertz CT molecular complexity index is 253. The molecule has 0 amide bonds. The number of hydrogen-bond donors (Lipinski definition) is 2. The van der Waals surface area contributed by atoms with Gasteiger partial charge in [0.15, 0.2) is 0 Å². The van der Waals surface area contributed by atoms with E-state index in [1.54, 1.807) is 7.11 Å². The van der Waals surface area contributed by atoms with Crippen LogP contribution in [0.4, 0.5) is 0 Å². The highest BCUT2D eigenvalue weighted by Crippen LogP contribution is 2.20. The smallest absolute Gasteiger partial charge is 0.320 e. The molecule has 0 saturated carbocycles. The Labute approximate surface area is 116 Å². The van der Waals surface area contributed by atoms with Crippen LogP contribution in [0.2, 0.25) is 0 Å². The Morgan fingerprint density at radius 1 is 1.47 bits per heavy atom. The lowest BCUT2D eigenvalue weighted by Gasteiger charge is -2.35. The molecule has 0 spiro atoms. The highest BCUT2D eigenvalue weighted by molar-refractivity contribution is 5.73. The van der Waals surface area contributed by atoms with Crippen molar-refractivity contribution in [2.24, 2.45) is 5.92 Å². The van der Waals surface area contributed by atoms with Gasteiger partial charge in [0, 0.05) is 13.7 Å². The summed E-state index contributed by atoms with van der Waals surface area (Å²) in [5, 5.41) is 12.6. The molecule has 112 valence electrons. The fourth-order valence-corrected chi connectivity index (χ4v) is 2.68. The summed E-state index contributed by atoms with van der Waals surface area (Å²) in [6.07, 6.45) is 3.86. The van der Waals surface area contributed by atoms with Crippen molar-refractivity contribution in [2.45, 2.75) is 38.6 Å². The predicted octanol–water partition coefficient (Wildman–Crippen LogP) is 1.19. The topological polar surface area (TPSA) is 61.8 Å². The molecule has 1 heterocycles. The van der Waals surface area contributed by atoms with E-state index in [4.69, 9.17) is 4.74 Å². The number of hydrogen-bond acceptors (Lipinski definition) is 4. The minimum atomic E-state index is -0.668. The molecular weight excluding hydrogens is 244 g/mol. The largest absolute Gasteiger partial charge is 0.480 e. The molecule has 0 radical (unpaired) electrons. The van der Waals surface area contributed by atoms with Crippen LogP contribution in [0.25, 0.3) is 0 Å². The van der Waals surface area contributed by atoms with Crippen molar-refractivity contribution < 1.29 is 14.6 Å². The zero-order valence-corrected chi connectivity index (χ0v) is 12.2. The molecule has 0 bridgehead atoms. The summed E-state index contributed by atoms with van der Waals surface area (Å²) in [6, 6.07) is -0.285. The Hall–Kier alpha value is -0.650. The van der Waals surface area contributed by atoms with E-state index in [2.05, 4.69) is 10.2 Å². The van der Waals surface area contributed by atoms with Crippen molar-refractivity contribution in [3.05, 3.63) is 0 Å². The van der Waals surface area contributed by atoms with Gasteiger partial charge in [0.25, 0.3) is 0 Å². The zero-order chi connectivity index (χ0) is 14.1. The summed E-state index contributed by atoms with van der Waals surface area (Å²) in [5.74, 6) is 0.00250. The predicted molar refractivity (Wildman–Crippen MR) is 75.4 cm³/mol. The molecule has 5 nitrogen and oxygen atoms in total. The molecule has 1 unspecified atom stereocenters. The Kier molecular flexibility index (Phi) is 8.02. The summed E-state index contributed by atoms with van der Waals surface area (Å²) in [4.78, 5) is 13.4. The normalized spacial score (nSPS) is 19.5. The number of nitrogens with zero attached hydrogens (tertiary/aromatic N) is 1. The molecule has 1 fully saturated rings. The van der Waals surface area contributed by atoms with Gasteiger partial charge in [-0.05, 0) is 44.8 Å². The van der Waals surface area contributed by atoms with Crippen LogP contribution >= 0.6 is 0 Å². The Morgan fingerprint density at radius 3 is 2.68 bits per heavy atom. The molecular formula is C14H28N2O3. The highest BCUT2D eigenvalue weighted by Gasteiger charge is 2.28. The fraction of sp³-hybridized carbons (Fsp3) is 0.929. The van der Waals surface area contributed by atoms with Crippen molar-refractivity contribution >= 4 is 5.97 Å². The standard InChI is InChI=1S/C14H28N2O3/c1-3-4-13(14(17)18)16-8-5-12(6-9-16)11-15-7-10-19-2/h12-13,15H,3-11H2,1-2H3,(H,17,18). The molecule has 0 aromatic heterocycles. The van der Waals surface area contributed by atoms with Crippen LogP contribution < -0.4 is 5.32 Å². The maximum atomic E-state index is 11.2. The van der Waals surface area contributed by atoms with Gasteiger partial charge < -0.3 is 15.2 Å². The SMILES string of the molecule is CCCC(C(=O)O)N1CCC(CNCCOC)CC1. The number of carboxylic acids is 1. The minimum Gasteiger partial charge on any atom is -0.480 e. The van der Waals surface area contributed by atoms with Crippen LogP contribution in [-0.4, -0.2) is 61.9 Å². The quantitative estimate of drug-likeness (QED) is 0.617. The minimum absolute atomic E-state index is 0.285.